The third-order valence-electron chi connectivity index (χ3n) is 3.37. The molecule has 1 N–H and O–H groups in total. The smallest absolute Gasteiger partial charge is 0.222 e. The monoisotopic (exact) mass is 266 g/mol. The third kappa shape index (κ3) is 3.17. The van der Waals surface area contributed by atoms with Gasteiger partial charge in [-0.05, 0) is 37.4 Å². The normalized spacial score (nSPS) is 17.6. The van der Waals surface area contributed by atoms with Gasteiger partial charge in [0, 0.05) is 13.0 Å². The van der Waals surface area contributed by atoms with E-state index in [9.17, 15) is 9.59 Å². The van der Waals surface area contributed by atoms with E-state index in [1.54, 1.807) is 7.05 Å². The number of nitrogens with one attached hydrogen (secondary N) is 1. The maximum Gasteiger partial charge on any atom is 0.222 e. The van der Waals surface area contributed by atoms with E-state index in [4.69, 9.17) is 0 Å². The SMILES string of the molecule is CNC(=O)C1CCN(CC(=O)c2cccs2)CC1. The molecular weight excluding hydrogens is 248 g/mol. The van der Waals surface area contributed by atoms with Crippen LogP contribution in [0.3, 0.4) is 0 Å². The van der Waals surface area contributed by atoms with Crippen LogP contribution in [-0.4, -0.2) is 43.3 Å². The van der Waals surface area contributed by atoms with Gasteiger partial charge in [-0.1, -0.05) is 6.07 Å². The van der Waals surface area contributed by atoms with Crippen LogP contribution >= 0.6 is 11.3 Å². The predicted octanol–water partition coefficient (Wildman–Crippen LogP) is 1.39. The van der Waals surface area contributed by atoms with E-state index >= 15 is 0 Å². The molecule has 1 aliphatic heterocycles. The van der Waals surface area contributed by atoms with Crippen LogP contribution in [0.2, 0.25) is 0 Å². The molecule has 0 spiro atoms. The highest BCUT2D eigenvalue weighted by Gasteiger charge is 2.25. The Morgan fingerprint density at radius 1 is 1.44 bits per heavy atom. The van der Waals surface area contributed by atoms with Crippen LogP contribution in [0.5, 0.6) is 0 Å². The molecule has 1 amide bonds. The van der Waals surface area contributed by atoms with Gasteiger partial charge in [0.15, 0.2) is 5.78 Å². The molecule has 0 aliphatic carbocycles. The Kier molecular flexibility index (Phi) is 4.49. The number of likely N-dealkylation sites (tertiary alicyclic amines) is 1. The number of rotatable bonds is 4. The number of nitrogens with zero attached hydrogens (tertiary/aromatic N) is 1. The van der Waals surface area contributed by atoms with Crippen molar-refractivity contribution in [3.8, 4) is 0 Å². The van der Waals surface area contributed by atoms with Crippen molar-refractivity contribution in [1.29, 1.82) is 0 Å². The summed E-state index contributed by atoms with van der Waals surface area (Å²) in [5.74, 6) is 0.422. The van der Waals surface area contributed by atoms with Crippen LogP contribution in [0.25, 0.3) is 0 Å². The minimum absolute atomic E-state index is 0.114. The minimum atomic E-state index is 0.114. The summed E-state index contributed by atoms with van der Waals surface area (Å²) >= 11 is 1.49. The van der Waals surface area contributed by atoms with Crippen LogP contribution in [0.15, 0.2) is 17.5 Å². The molecule has 2 heterocycles. The molecule has 98 valence electrons. The van der Waals surface area contributed by atoms with Crippen molar-refractivity contribution in [3.63, 3.8) is 0 Å². The first-order valence-corrected chi connectivity index (χ1v) is 7.09. The molecular formula is C13H18N2O2S. The van der Waals surface area contributed by atoms with Crippen LogP contribution in [-0.2, 0) is 4.79 Å². The van der Waals surface area contributed by atoms with Crippen molar-refractivity contribution < 1.29 is 9.59 Å². The van der Waals surface area contributed by atoms with Crippen molar-refractivity contribution >= 4 is 23.0 Å². The molecule has 0 aromatic carbocycles. The quantitative estimate of drug-likeness (QED) is 0.838. The zero-order valence-electron chi connectivity index (χ0n) is 10.5. The van der Waals surface area contributed by atoms with Crippen molar-refractivity contribution in [2.75, 3.05) is 26.7 Å². The van der Waals surface area contributed by atoms with Crippen molar-refractivity contribution in [2.45, 2.75) is 12.8 Å². The molecule has 1 aliphatic rings. The molecule has 0 saturated carbocycles. The molecule has 1 aromatic heterocycles. The van der Waals surface area contributed by atoms with Gasteiger partial charge < -0.3 is 5.32 Å². The van der Waals surface area contributed by atoms with E-state index in [1.165, 1.54) is 11.3 Å². The Balaban J connectivity index is 1.80. The molecule has 5 heteroatoms. The summed E-state index contributed by atoms with van der Waals surface area (Å²) < 4.78 is 0. The third-order valence-corrected chi connectivity index (χ3v) is 4.28. The van der Waals surface area contributed by atoms with Gasteiger partial charge in [0.2, 0.25) is 5.91 Å². The summed E-state index contributed by atoms with van der Waals surface area (Å²) in [6, 6.07) is 3.76. The second-order valence-electron chi connectivity index (χ2n) is 4.57. The number of thiophene rings is 1. The van der Waals surface area contributed by atoms with Gasteiger partial charge in [-0.2, -0.15) is 0 Å². The maximum atomic E-state index is 11.9. The lowest BCUT2D eigenvalue weighted by Gasteiger charge is -2.30. The lowest BCUT2D eigenvalue weighted by Crippen LogP contribution is -2.41. The maximum absolute atomic E-state index is 11.9. The number of hydrogen-bond acceptors (Lipinski definition) is 4. The van der Waals surface area contributed by atoms with Crippen LogP contribution < -0.4 is 5.32 Å². The average Bonchev–Trinajstić information content (AvgIpc) is 2.92. The number of ketones is 1. The summed E-state index contributed by atoms with van der Waals surface area (Å²) in [5, 5.41) is 4.61. The first-order chi connectivity index (χ1) is 8.70. The fraction of sp³-hybridized carbons (Fsp3) is 0.538. The van der Waals surface area contributed by atoms with E-state index in [2.05, 4.69) is 10.2 Å². The van der Waals surface area contributed by atoms with E-state index in [0.717, 1.165) is 30.8 Å². The highest BCUT2D eigenvalue weighted by atomic mass is 32.1. The highest BCUT2D eigenvalue weighted by molar-refractivity contribution is 7.12. The summed E-state index contributed by atoms with van der Waals surface area (Å²) in [4.78, 5) is 26.4. The average molecular weight is 266 g/mol. The number of carbonyl (C=O) groups is 2. The van der Waals surface area contributed by atoms with Gasteiger partial charge in [0.05, 0.1) is 11.4 Å². The molecule has 0 atom stereocenters. The standard InChI is InChI=1S/C13H18N2O2S/c1-14-13(17)10-4-6-15(7-5-10)9-11(16)12-3-2-8-18-12/h2-3,8,10H,4-7,9H2,1H3,(H,14,17). The fourth-order valence-electron chi connectivity index (χ4n) is 2.28. The van der Waals surface area contributed by atoms with Gasteiger partial charge in [-0.25, -0.2) is 0 Å². The van der Waals surface area contributed by atoms with Gasteiger partial charge in [0.1, 0.15) is 0 Å². The molecule has 2 rings (SSSR count). The molecule has 18 heavy (non-hydrogen) atoms. The Morgan fingerprint density at radius 3 is 2.72 bits per heavy atom. The Labute approximate surface area is 111 Å². The van der Waals surface area contributed by atoms with Crippen molar-refractivity contribution in [1.82, 2.24) is 10.2 Å². The second-order valence-corrected chi connectivity index (χ2v) is 5.51. The zero-order valence-corrected chi connectivity index (χ0v) is 11.3. The van der Waals surface area contributed by atoms with E-state index < -0.39 is 0 Å². The summed E-state index contributed by atoms with van der Waals surface area (Å²) in [5.41, 5.74) is 0. The fourth-order valence-corrected chi connectivity index (χ4v) is 2.93. The van der Waals surface area contributed by atoms with Gasteiger partial charge in [-0.15, -0.1) is 11.3 Å². The summed E-state index contributed by atoms with van der Waals surface area (Å²) in [6.07, 6.45) is 1.69. The first kappa shape index (κ1) is 13.2. The summed E-state index contributed by atoms with van der Waals surface area (Å²) in [7, 11) is 1.68. The number of hydrogen-bond donors (Lipinski definition) is 1. The Morgan fingerprint density at radius 2 is 2.17 bits per heavy atom. The molecule has 0 bridgehead atoms. The number of carbonyl (C=O) groups excluding carboxylic acids is 2. The first-order valence-electron chi connectivity index (χ1n) is 6.21. The van der Waals surface area contributed by atoms with Gasteiger partial charge in [0.25, 0.3) is 0 Å². The van der Waals surface area contributed by atoms with E-state index in [-0.39, 0.29) is 17.6 Å². The largest absolute Gasteiger partial charge is 0.359 e. The molecule has 1 aromatic rings. The molecule has 0 radical (unpaired) electrons. The van der Waals surface area contributed by atoms with Gasteiger partial charge in [-0.3, -0.25) is 14.5 Å². The van der Waals surface area contributed by atoms with Crippen LogP contribution in [0, 0.1) is 5.92 Å². The number of Topliss-reactive ketones (excluding diaryl/α,β-unsaturated/α-hetero) is 1. The molecule has 1 fully saturated rings. The van der Waals surface area contributed by atoms with Gasteiger partial charge >= 0.3 is 0 Å². The van der Waals surface area contributed by atoms with Crippen molar-refractivity contribution in [2.24, 2.45) is 5.92 Å². The van der Waals surface area contributed by atoms with E-state index in [1.807, 2.05) is 17.5 Å². The second kappa shape index (κ2) is 6.11. The molecule has 1 saturated heterocycles. The lowest BCUT2D eigenvalue weighted by molar-refractivity contribution is -0.125. The van der Waals surface area contributed by atoms with E-state index in [0.29, 0.717) is 6.54 Å². The molecule has 0 unspecified atom stereocenters. The van der Waals surface area contributed by atoms with Crippen LogP contribution in [0.4, 0.5) is 0 Å². The highest BCUT2D eigenvalue weighted by Crippen LogP contribution is 2.18. The number of piperidine rings is 1. The Hall–Kier alpha value is -1.20. The number of amides is 1. The Bertz CT molecular complexity index is 409. The zero-order chi connectivity index (χ0) is 13.0. The van der Waals surface area contributed by atoms with Crippen molar-refractivity contribution in [3.05, 3.63) is 22.4 Å². The predicted molar refractivity (Wildman–Crippen MR) is 71.9 cm³/mol. The van der Waals surface area contributed by atoms with Crippen LogP contribution in [0.1, 0.15) is 22.5 Å². The topological polar surface area (TPSA) is 49.4 Å². The molecule has 4 nitrogen and oxygen atoms in total. The summed E-state index contributed by atoms with van der Waals surface area (Å²) in [6.45, 7) is 2.13. The minimum Gasteiger partial charge on any atom is -0.359 e. The lowest BCUT2D eigenvalue weighted by atomic mass is 9.96.